The topological polar surface area (TPSA) is 33.2 Å². The Balaban J connectivity index is 1.71. The van der Waals surface area contributed by atoms with Gasteiger partial charge in [-0.1, -0.05) is 60.7 Å². The second-order valence-corrected chi connectivity index (χ2v) is 6.51. The molecule has 1 aromatic heterocycles. The van der Waals surface area contributed by atoms with Crippen LogP contribution in [-0.2, 0) is 6.54 Å². The summed E-state index contributed by atoms with van der Waals surface area (Å²) in [5.41, 5.74) is 5.15. The fourth-order valence-corrected chi connectivity index (χ4v) is 3.56. The van der Waals surface area contributed by atoms with E-state index in [1.54, 1.807) is 6.07 Å². The molecule has 4 rings (SSSR count). The van der Waals surface area contributed by atoms with Gasteiger partial charge in [-0.25, -0.2) is 4.98 Å². The highest BCUT2D eigenvalue weighted by molar-refractivity contribution is 5.92. The van der Waals surface area contributed by atoms with Crippen LogP contribution in [0, 0.1) is 6.92 Å². The lowest BCUT2D eigenvalue weighted by Crippen LogP contribution is -2.39. The molecule has 0 fully saturated rings. The molecule has 1 aliphatic heterocycles. The third kappa shape index (κ3) is 3.05. The van der Waals surface area contributed by atoms with Gasteiger partial charge in [-0.3, -0.25) is 4.79 Å². The second-order valence-electron chi connectivity index (χ2n) is 6.51. The van der Waals surface area contributed by atoms with Crippen molar-refractivity contribution in [2.75, 3.05) is 6.54 Å². The number of benzene rings is 2. The largest absolute Gasteiger partial charge is 0.332 e. The molecule has 3 aromatic rings. The summed E-state index contributed by atoms with van der Waals surface area (Å²) in [5, 5.41) is 0. The molecule has 0 spiro atoms. The van der Waals surface area contributed by atoms with E-state index in [0.29, 0.717) is 18.8 Å². The third-order valence-corrected chi connectivity index (χ3v) is 4.79. The van der Waals surface area contributed by atoms with Crippen molar-refractivity contribution in [3.63, 3.8) is 0 Å². The van der Waals surface area contributed by atoms with Gasteiger partial charge in [0.25, 0.3) is 5.91 Å². The standard InChI is InChI=1S/C22H20N2O/c1-16-8-7-13-21(23-16)22(25)24-14-18-11-5-6-12-19(18)20(15-24)17-9-3-2-4-10-17/h2-13,20H,14-15H2,1H3/t20-/m0/s1. The quantitative estimate of drug-likeness (QED) is 0.707. The molecule has 0 saturated heterocycles. The predicted molar refractivity (Wildman–Crippen MR) is 98.4 cm³/mol. The smallest absolute Gasteiger partial charge is 0.272 e. The Kier molecular flexibility index (Phi) is 4.06. The van der Waals surface area contributed by atoms with E-state index in [0.717, 1.165) is 5.69 Å². The molecular weight excluding hydrogens is 308 g/mol. The number of carbonyl (C=O) groups excluding carboxylic acids is 1. The monoisotopic (exact) mass is 328 g/mol. The summed E-state index contributed by atoms with van der Waals surface area (Å²) in [6.07, 6.45) is 0. The molecule has 3 nitrogen and oxygen atoms in total. The van der Waals surface area contributed by atoms with Crippen molar-refractivity contribution in [1.29, 1.82) is 0 Å². The number of carbonyl (C=O) groups is 1. The fourth-order valence-electron chi connectivity index (χ4n) is 3.56. The third-order valence-electron chi connectivity index (χ3n) is 4.79. The van der Waals surface area contributed by atoms with Crippen LogP contribution in [0.1, 0.15) is 38.8 Å². The van der Waals surface area contributed by atoms with Gasteiger partial charge in [0.05, 0.1) is 0 Å². The summed E-state index contributed by atoms with van der Waals surface area (Å²) in [5.74, 6) is 0.194. The van der Waals surface area contributed by atoms with Crippen LogP contribution in [0.4, 0.5) is 0 Å². The van der Waals surface area contributed by atoms with Crippen molar-refractivity contribution in [2.45, 2.75) is 19.4 Å². The van der Waals surface area contributed by atoms with Gasteiger partial charge in [-0.05, 0) is 35.7 Å². The molecular formula is C22H20N2O. The Morgan fingerprint density at radius 2 is 1.72 bits per heavy atom. The van der Waals surface area contributed by atoms with Crippen LogP contribution in [0.5, 0.6) is 0 Å². The van der Waals surface area contributed by atoms with Gasteiger partial charge in [-0.15, -0.1) is 0 Å². The minimum atomic E-state index is -0.000802. The Morgan fingerprint density at radius 3 is 2.52 bits per heavy atom. The van der Waals surface area contributed by atoms with E-state index < -0.39 is 0 Å². The van der Waals surface area contributed by atoms with E-state index in [9.17, 15) is 4.79 Å². The minimum Gasteiger partial charge on any atom is -0.332 e. The van der Waals surface area contributed by atoms with Crippen molar-refractivity contribution in [2.24, 2.45) is 0 Å². The molecule has 25 heavy (non-hydrogen) atoms. The highest BCUT2D eigenvalue weighted by atomic mass is 16.2. The first-order chi connectivity index (χ1) is 12.2. The van der Waals surface area contributed by atoms with Gasteiger partial charge in [0.2, 0.25) is 0 Å². The molecule has 0 N–H and O–H groups in total. The maximum absolute atomic E-state index is 13.0. The minimum absolute atomic E-state index is 0.000802. The number of fused-ring (bicyclic) bond motifs is 1. The lowest BCUT2D eigenvalue weighted by atomic mass is 9.84. The van der Waals surface area contributed by atoms with Gasteiger partial charge in [-0.2, -0.15) is 0 Å². The van der Waals surface area contributed by atoms with Gasteiger partial charge >= 0.3 is 0 Å². The van der Waals surface area contributed by atoms with Gasteiger partial charge in [0.15, 0.2) is 0 Å². The van der Waals surface area contributed by atoms with Crippen LogP contribution in [0.2, 0.25) is 0 Å². The molecule has 124 valence electrons. The van der Waals surface area contributed by atoms with E-state index in [2.05, 4.69) is 47.4 Å². The van der Waals surface area contributed by atoms with Crippen LogP contribution in [0.15, 0.2) is 72.8 Å². The molecule has 1 atom stereocenters. The SMILES string of the molecule is Cc1cccc(C(=O)N2Cc3ccccc3[C@H](c3ccccc3)C2)n1. The van der Waals surface area contributed by atoms with E-state index in [-0.39, 0.29) is 11.8 Å². The molecule has 0 aliphatic carbocycles. The zero-order valence-corrected chi connectivity index (χ0v) is 14.2. The molecule has 0 radical (unpaired) electrons. The van der Waals surface area contributed by atoms with Crippen LogP contribution >= 0.6 is 0 Å². The second kappa shape index (κ2) is 6.52. The van der Waals surface area contributed by atoms with Gasteiger partial charge in [0, 0.05) is 24.7 Å². The Labute approximate surface area is 148 Å². The number of hydrogen-bond acceptors (Lipinski definition) is 2. The van der Waals surface area contributed by atoms with Crippen molar-refractivity contribution < 1.29 is 4.79 Å². The first-order valence-electron chi connectivity index (χ1n) is 8.58. The van der Waals surface area contributed by atoms with E-state index in [4.69, 9.17) is 0 Å². The molecule has 0 saturated carbocycles. The highest BCUT2D eigenvalue weighted by Crippen LogP contribution is 2.33. The molecule has 1 amide bonds. The zero-order chi connectivity index (χ0) is 17.2. The highest BCUT2D eigenvalue weighted by Gasteiger charge is 2.29. The maximum atomic E-state index is 13.0. The van der Waals surface area contributed by atoms with Crippen LogP contribution in [-0.4, -0.2) is 22.3 Å². The number of rotatable bonds is 2. The Bertz CT molecular complexity index is 905. The van der Waals surface area contributed by atoms with E-state index in [1.165, 1.54) is 16.7 Å². The van der Waals surface area contributed by atoms with Gasteiger partial charge in [0.1, 0.15) is 5.69 Å². The predicted octanol–water partition coefficient (Wildman–Crippen LogP) is 4.18. The summed E-state index contributed by atoms with van der Waals surface area (Å²) in [4.78, 5) is 19.3. The Hall–Kier alpha value is -2.94. The fraction of sp³-hybridized carbons (Fsp3) is 0.182. The maximum Gasteiger partial charge on any atom is 0.272 e. The van der Waals surface area contributed by atoms with Crippen LogP contribution in [0.3, 0.4) is 0 Å². The zero-order valence-electron chi connectivity index (χ0n) is 14.2. The number of pyridine rings is 1. The number of amides is 1. The van der Waals surface area contributed by atoms with Crippen LogP contribution < -0.4 is 0 Å². The molecule has 1 aliphatic rings. The summed E-state index contributed by atoms with van der Waals surface area (Å²) in [6.45, 7) is 3.22. The summed E-state index contributed by atoms with van der Waals surface area (Å²) in [7, 11) is 0. The number of hydrogen-bond donors (Lipinski definition) is 0. The van der Waals surface area contributed by atoms with Crippen molar-refractivity contribution in [1.82, 2.24) is 9.88 Å². The molecule has 0 bridgehead atoms. The Morgan fingerprint density at radius 1 is 0.960 bits per heavy atom. The summed E-state index contributed by atoms with van der Waals surface area (Å²) >= 11 is 0. The van der Waals surface area contributed by atoms with Gasteiger partial charge < -0.3 is 4.90 Å². The van der Waals surface area contributed by atoms with E-state index >= 15 is 0 Å². The summed E-state index contributed by atoms with van der Waals surface area (Å²) in [6, 6.07) is 24.4. The average molecular weight is 328 g/mol. The number of aromatic nitrogens is 1. The molecule has 2 aromatic carbocycles. The van der Waals surface area contributed by atoms with Crippen molar-refractivity contribution in [3.05, 3.63) is 101 Å². The van der Waals surface area contributed by atoms with Crippen LogP contribution in [0.25, 0.3) is 0 Å². The first kappa shape index (κ1) is 15.6. The van der Waals surface area contributed by atoms with Crippen molar-refractivity contribution >= 4 is 5.91 Å². The normalized spacial score (nSPS) is 16.4. The lowest BCUT2D eigenvalue weighted by molar-refractivity contribution is 0.0719. The molecule has 2 heterocycles. The lowest BCUT2D eigenvalue weighted by Gasteiger charge is -2.35. The number of nitrogens with zero attached hydrogens (tertiary/aromatic N) is 2. The summed E-state index contributed by atoms with van der Waals surface area (Å²) < 4.78 is 0. The molecule has 0 unspecified atom stereocenters. The molecule has 3 heteroatoms. The van der Waals surface area contributed by atoms with E-state index in [1.807, 2.05) is 36.1 Å². The van der Waals surface area contributed by atoms with Crippen molar-refractivity contribution in [3.8, 4) is 0 Å². The average Bonchev–Trinajstić information content (AvgIpc) is 2.67. The first-order valence-corrected chi connectivity index (χ1v) is 8.58. The number of aryl methyl sites for hydroxylation is 1.